The van der Waals surface area contributed by atoms with Gasteiger partial charge in [-0.1, -0.05) is 24.8 Å². The zero-order chi connectivity index (χ0) is 20.3. The molecule has 1 saturated carbocycles. The van der Waals surface area contributed by atoms with Crippen molar-refractivity contribution in [1.82, 2.24) is 4.90 Å². The number of benzene rings is 1. The lowest BCUT2D eigenvalue weighted by Crippen LogP contribution is -2.53. The molecule has 1 saturated heterocycles. The summed E-state index contributed by atoms with van der Waals surface area (Å²) in [6.45, 7) is 5.66. The number of amides is 1. The van der Waals surface area contributed by atoms with E-state index in [9.17, 15) is 14.9 Å². The molecule has 1 aromatic rings. The number of nitriles is 2. The van der Waals surface area contributed by atoms with Gasteiger partial charge in [0.15, 0.2) is 5.57 Å². The minimum atomic E-state index is -0.743. The Balaban J connectivity index is 1.89. The number of hydrogen-bond donors (Lipinski definition) is 0. The lowest BCUT2D eigenvalue weighted by Gasteiger charge is -2.50. The number of fused-ring (bicyclic) bond motifs is 1. The molecule has 3 atom stereocenters. The first-order chi connectivity index (χ1) is 13.5. The van der Waals surface area contributed by atoms with Crippen molar-refractivity contribution < 1.29 is 14.3 Å². The summed E-state index contributed by atoms with van der Waals surface area (Å²) in [7, 11) is 0. The van der Waals surface area contributed by atoms with E-state index in [1.165, 1.54) is 22.7 Å². The topological polar surface area (TPSA) is 94.2 Å². The largest absolute Gasteiger partial charge is 0.457 e. The van der Waals surface area contributed by atoms with Crippen LogP contribution in [0.1, 0.15) is 30.4 Å². The highest BCUT2D eigenvalue weighted by Crippen LogP contribution is 2.55. The van der Waals surface area contributed by atoms with Gasteiger partial charge >= 0.3 is 5.97 Å². The first kappa shape index (κ1) is 19.7. The van der Waals surface area contributed by atoms with E-state index in [1.54, 1.807) is 6.07 Å². The molecule has 1 aromatic carbocycles. The fourth-order valence-electron chi connectivity index (χ4n) is 3.61. The van der Waals surface area contributed by atoms with Crippen molar-refractivity contribution in [2.24, 2.45) is 5.92 Å². The molecular weight excluding hydrogens is 374 g/mol. The standard InChI is InChI=1S/C21H19N3O3S/c1-3-8-27-21(26)16(12-23)20-24(4-2)19(25)18-15(10-17(18)28-20)14-7-5-6-13(9-14)11-22/h3,5-7,9,15,17-18H,1,4,8,10H2,2H3/b20-16-. The summed E-state index contributed by atoms with van der Waals surface area (Å²) in [6.07, 6.45) is 2.17. The molecule has 0 aromatic heterocycles. The van der Waals surface area contributed by atoms with Crippen LogP contribution >= 0.6 is 11.8 Å². The molecule has 2 fully saturated rings. The van der Waals surface area contributed by atoms with Crippen molar-refractivity contribution in [3.8, 4) is 12.1 Å². The van der Waals surface area contributed by atoms with Crippen molar-refractivity contribution in [2.75, 3.05) is 13.2 Å². The molecule has 3 unspecified atom stereocenters. The Labute approximate surface area is 168 Å². The van der Waals surface area contributed by atoms with Gasteiger partial charge in [0.05, 0.1) is 17.6 Å². The first-order valence-electron chi connectivity index (χ1n) is 8.96. The van der Waals surface area contributed by atoms with Gasteiger partial charge < -0.3 is 9.64 Å². The van der Waals surface area contributed by atoms with E-state index in [-0.39, 0.29) is 35.2 Å². The van der Waals surface area contributed by atoms with Crippen molar-refractivity contribution >= 4 is 23.6 Å². The summed E-state index contributed by atoms with van der Waals surface area (Å²) < 4.78 is 5.00. The Bertz CT molecular complexity index is 941. The Morgan fingerprint density at radius 1 is 1.46 bits per heavy atom. The summed E-state index contributed by atoms with van der Waals surface area (Å²) in [6, 6.07) is 11.4. The van der Waals surface area contributed by atoms with Crippen LogP contribution < -0.4 is 0 Å². The van der Waals surface area contributed by atoms with Crippen LogP contribution in [0.3, 0.4) is 0 Å². The van der Waals surface area contributed by atoms with Crippen LogP contribution in [0.4, 0.5) is 0 Å². The molecule has 2 aliphatic rings. The zero-order valence-electron chi connectivity index (χ0n) is 15.4. The van der Waals surface area contributed by atoms with Crippen LogP contribution in [0.2, 0.25) is 0 Å². The van der Waals surface area contributed by atoms with E-state index in [0.717, 1.165) is 12.0 Å². The van der Waals surface area contributed by atoms with Crippen LogP contribution in [0.25, 0.3) is 0 Å². The van der Waals surface area contributed by atoms with Crippen molar-refractivity contribution in [2.45, 2.75) is 24.5 Å². The summed E-state index contributed by atoms with van der Waals surface area (Å²) in [5.74, 6) is -1.03. The van der Waals surface area contributed by atoms with Crippen molar-refractivity contribution in [1.29, 1.82) is 10.5 Å². The fraction of sp³-hybridized carbons (Fsp3) is 0.333. The zero-order valence-corrected chi connectivity index (χ0v) is 16.2. The van der Waals surface area contributed by atoms with E-state index in [1.807, 2.05) is 31.2 Å². The maximum Gasteiger partial charge on any atom is 0.351 e. The molecule has 1 amide bonds. The minimum Gasteiger partial charge on any atom is -0.457 e. The molecule has 1 heterocycles. The third-order valence-electron chi connectivity index (χ3n) is 5.00. The molecule has 3 rings (SSSR count). The molecule has 6 nitrogen and oxygen atoms in total. The second-order valence-electron chi connectivity index (χ2n) is 6.52. The summed E-state index contributed by atoms with van der Waals surface area (Å²) >= 11 is 1.39. The van der Waals surface area contributed by atoms with E-state index in [4.69, 9.17) is 10.00 Å². The maximum atomic E-state index is 13.2. The van der Waals surface area contributed by atoms with Crippen molar-refractivity contribution in [3.05, 3.63) is 58.6 Å². The maximum absolute atomic E-state index is 13.2. The Morgan fingerprint density at radius 3 is 2.89 bits per heavy atom. The molecule has 1 aliphatic heterocycles. The molecule has 0 radical (unpaired) electrons. The monoisotopic (exact) mass is 393 g/mol. The fourth-order valence-corrected chi connectivity index (χ4v) is 5.25. The van der Waals surface area contributed by atoms with E-state index >= 15 is 0 Å². The number of rotatable bonds is 5. The van der Waals surface area contributed by atoms with Gasteiger partial charge in [0, 0.05) is 11.8 Å². The lowest BCUT2D eigenvalue weighted by molar-refractivity contribution is -0.138. The molecule has 0 N–H and O–H groups in total. The third kappa shape index (κ3) is 3.42. The lowest BCUT2D eigenvalue weighted by atomic mass is 9.68. The van der Waals surface area contributed by atoms with Gasteiger partial charge in [-0.25, -0.2) is 4.79 Å². The Hall–Kier alpha value is -3.03. The number of hydrogen-bond acceptors (Lipinski definition) is 6. The quantitative estimate of drug-likeness (QED) is 0.330. The predicted octanol–water partition coefficient (Wildman–Crippen LogP) is 3.09. The number of carbonyl (C=O) groups excluding carboxylic acids is 2. The summed E-state index contributed by atoms with van der Waals surface area (Å²) in [4.78, 5) is 26.9. The molecule has 0 bridgehead atoms. The molecule has 7 heteroatoms. The second-order valence-corrected chi connectivity index (χ2v) is 7.75. The van der Waals surface area contributed by atoms with Crippen LogP contribution in [0, 0.1) is 28.6 Å². The highest BCUT2D eigenvalue weighted by molar-refractivity contribution is 8.03. The highest BCUT2D eigenvalue weighted by atomic mass is 32.2. The summed E-state index contributed by atoms with van der Waals surface area (Å²) in [5, 5.41) is 19.0. The van der Waals surface area contributed by atoms with Crippen molar-refractivity contribution in [3.63, 3.8) is 0 Å². The minimum absolute atomic E-state index is 0.00315. The molecular formula is C21H19N3O3S. The predicted molar refractivity (Wildman–Crippen MR) is 105 cm³/mol. The number of carbonyl (C=O) groups is 2. The molecule has 1 aliphatic carbocycles. The Kier molecular flexibility index (Phi) is 5.87. The van der Waals surface area contributed by atoms with Gasteiger partial charge in [-0.3, -0.25) is 4.79 Å². The number of thioether (sulfide) groups is 1. The van der Waals surface area contributed by atoms with Gasteiger partial charge in [0.25, 0.3) is 0 Å². The van der Waals surface area contributed by atoms with E-state index in [2.05, 4.69) is 12.6 Å². The SMILES string of the molecule is C=CCOC(=O)/C(C#N)=C1\SC2CC(c3cccc(C#N)c3)C2C(=O)N1CC. The number of ether oxygens (including phenoxy) is 1. The molecule has 28 heavy (non-hydrogen) atoms. The molecule has 142 valence electrons. The van der Waals surface area contributed by atoms with Gasteiger partial charge in [-0.2, -0.15) is 10.5 Å². The average Bonchev–Trinajstić information content (AvgIpc) is 2.68. The Morgan fingerprint density at radius 2 is 2.25 bits per heavy atom. The van der Waals surface area contributed by atoms with Crippen LogP contribution in [-0.4, -0.2) is 35.2 Å². The van der Waals surface area contributed by atoms with Gasteiger partial charge in [0.2, 0.25) is 5.91 Å². The normalized spacial score (nSPS) is 24.9. The van der Waals surface area contributed by atoms with Gasteiger partial charge in [-0.05, 0) is 37.0 Å². The van der Waals surface area contributed by atoms with Crippen LogP contribution in [0.5, 0.6) is 0 Å². The summed E-state index contributed by atoms with van der Waals surface area (Å²) in [5.41, 5.74) is 1.40. The van der Waals surface area contributed by atoms with Crippen LogP contribution in [-0.2, 0) is 14.3 Å². The van der Waals surface area contributed by atoms with Gasteiger partial charge in [-0.15, -0.1) is 11.8 Å². The van der Waals surface area contributed by atoms with Crippen LogP contribution in [0.15, 0.2) is 47.5 Å². The second kappa shape index (κ2) is 8.33. The third-order valence-corrected chi connectivity index (χ3v) is 6.44. The number of nitrogens with zero attached hydrogens (tertiary/aromatic N) is 3. The highest BCUT2D eigenvalue weighted by Gasteiger charge is 2.53. The molecule has 0 spiro atoms. The van der Waals surface area contributed by atoms with E-state index in [0.29, 0.717) is 17.1 Å². The smallest absolute Gasteiger partial charge is 0.351 e. The van der Waals surface area contributed by atoms with E-state index < -0.39 is 5.97 Å². The number of esters is 1. The first-order valence-corrected chi connectivity index (χ1v) is 9.84. The average molecular weight is 393 g/mol. The van der Waals surface area contributed by atoms with Gasteiger partial charge in [0.1, 0.15) is 17.7 Å².